The summed E-state index contributed by atoms with van der Waals surface area (Å²) >= 11 is 0. The summed E-state index contributed by atoms with van der Waals surface area (Å²) in [5.74, 6) is -3.76. The van der Waals surface area contributed by atoms with Crippen LogP contribution in [0.1, 0.15) is 12.5 Å². The normalized spacial score (nSPS) is 11.9. The third kappa shape index (κ3) is 3.82. The van der Waals surface area contributed by atoms with Crippen LogP contribution in [0, 0.1) is 11.6 Å². The molecule has 0 aliphatic rings. The molecule has 6 heteroatoms. The first kappa shape index (κ1) is 13.1. The number of carboxylic acids is 1. The lowest BCUT2D eigenvalue weighted by Crippen LogP contribution is -2.39. The molecule has 1 unspecified atom stereocenters. The van der Waals surface area contributed by atoms with Gasteiger partial charge in [0.1, 0.15) is 6.04 Å². The summed E-state index contributed by atoms with van der Waals surface area (Å²) in [6.45, 7) is 1.31. The van der Waals surface area contributed by atoms with Gasteiger partial charge in [-0.1, -0.05) is 6.07 Å². The third-order valence-corrected chi connectivity index (χ3v) is 2.10. The van der Waals surface area contributed by atoms with E-state index in [1.54, 1.807) is 0 Å². The highest BCUT2D eigenvalue weighted by Crippen LogP contribution is 2.09. The van der Waals surface area contributed by atoms with Crippen molar-refractivity contribution in [3.63, 3.8) is 0 Å². The van der Waals surface area contributed by atoms with E-state index < -0.39 is 29.6 Å². The van der Waals surface area contributed by atoms with Crippen LogP contribution in [0.15, 0.2) is 18.2 Å². The van der Waals surface area contributed by atoms with Crippen molar-refractivity contribution in [2.24, 2.45) is 0 Å². The first-order valence-corrected chi connectivity index (χ1v) is 4.86. The summed E-state index contributed by atoms with van der Waals surface area (Å²) in [4.78, 5) is 21.8. The Labute approximate surface area is 96.3 Å². The largest absolute Gasteiger partial charge is 0.480 e. The standard InChI is InChI=1S/C11H11F2NO3/c1-6(11(16)17)14-10(15)5-7-2-3-8(12)9(13)4-7/h2-4,6H,5H2,1H3,(H,14,15)(H,16,17). The molecule has 1 aromatic carbocycles. The second-order valence-electron chi connectivity index (χ2n) is 3.55. The van der Waals surface area contributed by atoms with Crippen LogP contribution in [0.3, 0.4) is 0 Å². The van der Waals surface area contributed by atoms with Crippen LogP contribution in [0.25, 0.3) is 0 Å². The minimum absolute atomic E-state index is 0.200. The number of rotatable bonds is 4. The molecule has 2 N–H and O–H groups in total. The van der Waals surface area contributed by atoms with Crippen LogP contribution in [-0.2, 0) is 16.0 Å². The maximum absolute atomic E-state index is 12.8. The smallest absolute Gasteiger partial charge is 0.325 e. The van der Waals surface area contributed by atoms with Gasteiger partial charge in [0.25, 0.3) is 0 Å². The first-order valence-electron chi connectivity index (χ1n) is 4.86. The molecule has 0 spiro atoms. The van der Waals surface area contributed by atoms with Gasteiger partial charge in [0.05, 0.1) is 6.42 Å². The van der Waals surface area contributed by atoms with Crippen LogP contribution < -0.4 is 5.32 Å². The quantitative estimate of drug-likeness (QED) is 0.832. The Balaban J connectivity index is 2.62. The molecular weight excluding hydrogens is 232 g/mol. The molecule has 17 heavy (non-hydrogen) atoms. The lowest BCUT2D eigenvalue weighted by Gasteiger charge is -2.09. The summed E-state index contributed by atoms with van der Waals surface area (Å²) in [6, 6.07) is 2.07. The predicted molar refractivity (Wildman–Crippen MR) is 55.3 cm³/mol. The number of halogens is 2. The summed E-state index contributed by atoms with van der Waals surface area (Å²) < 4.78 is 25.4. The number of aliphatic carboxylic acids is 1. The maximum Gasteiger partial charge on any atom is 0.325 e. The van der Waals surface area contributed by atoms with Crippen molar-refractivity contribution in [2.75, 3.05) is 0 Å². The Morgan fingerprint density at radius 2 is 2.00 bits per heavy atom. The van der Waals surface area contributed by atoms with Gasteiger partial charge in [-0.2, -0.15) is 0 Å². The zero-order valence-electron chi connectivity index (χ0n) is 9.04. The Hall–Kier alpha value is -1.98. The Morgan fingerprint density at radius 3 is 2.53 bits per heavy atom. The minimum Gasteiger partial charge on any atom is -0.480 e. The van der Waals surface area contributed by atoms with Crippen molar-refractivity contribution in [1.29, 1.82) is 0 Å². The predicted octanol–water partition coefficient (Wildman–Crippen LogP) is 1.10. The van der Waals surface area contributed by atoms with Gasteiger partial charge >= 0.3 is 5.97 Å². The molecule has 0 saturated heterocycles. The van der Waals surface area contributed by atoms with Gasteiger partial charge in [-0.05, 0) is 24.6 Å². The fourth-order valence-corrected chi connectivity index (χ4v) is 1.19. The number of nitrogens with one attached hydrogen (secondary N) is 1. The molecule has 0 bridgehead atoms. The highest BCUT2D eigenvalue weighted by atomic mass is 19.2. The van der Waals surface area contributed by atoms with Crippen LogP contribution in [-0.4, -0.2) is 23.0 Å². The molecule has 0 aliphatic carbocycles. The molecule has 0 radical (unpaired) electrons. The lowest BCUT2D eigenvalue weighted by atomic mass is 10.1. The van der Waals surface area contributed by atoms with Crippen molar-refractivity contribution in [3.8, 4) is 0 Å². The van der Waals surface area contributed by atoms with Gasteiger partial charge in [0.2, 0.25) is 5.91 Å². The second kappa shape index (κ2) is 5.38. The molecule has 92 valence electrons. The van der Waals surface area contributed by atoms with E-state index >= 15 is 0 Å². The zero-order valence-corrected chi connectivity index (χ0v) is 9.04. The van der Waals surface area contributed by atoms with Crippen LogP contribution in [0.5, 0.6) is 0 Å². The minimum atomic E-state index is -1.16. The van der Waals surface area contributed by atoms with Crippen molar-refractivity contribution >= 4 is 11.9 Å². The highest BCUT2D eigenvalue weighted by molar-refractivity contribution is 5.84. The van der Waals surface area contributed by atoms with Gasteiger partial charge < -0.3 is 10.4 Å². The van der Waals surface area contributed by atoms with Crippen LogP contribution in [0.2, 0.25) is 0 Å². The molecule has 1 rings (SSSR count). The van der Waals surface area contributed by atoms with Gasteiger partial charge in [-0.15, -0.1) is 0 Å². The fraction of sp³-hybridized carbons (Fsp3) is 0.273. The number of carbonyl (C=O) groups is 2. The van der Waals surface area contributed by atoms with Crippen molar-refractivity contribution in [1.82, 2.24) is 5.32 Å². The number of carbonyl (C=O) groups excluding carboxylic acids is 1. The Bertz CT molecular complexity index is 448. The van der Waals surface area contributed by atoms with E-state index in [4.69, 9.17) is 5.11 Å². The van der Waals surface area contributed by atoms with Crippen LogP contribution >= 0.6 is 0 Å². The zero-order chi connectivity index (χ0) is 13.0. The molecule has 0 heterocycles. The van der Waals surface area contributed by atoms with Crippen molar-refractivity contribution < 1.29 is 23.5 Å². The van der Waals surface area contributed by atoms with E-state index in [-0.39, 0.29) is 12.0 Å². The van der Waals surface area contributed by atoms with Gasteiger partial charge in [0, 0.05) is 0 Å². The monoisotopic (exact) mass is 243 g/mol. The fourth-order valence-electron chi connectivity index (χ4n) is 1.19. The topological polar surface area (TPSA) is 66.4 Å². The van der Waals surface area contributed by atoms with E-state index in [9.17, 15) is 18.4 Å². The summed E-state index contributed by atoms with van der Waals surface area (Å²) in [7, 11) is 0. The Morgan fingerprint density at radius 1 is 1.35 bits per heavy atom. The second-order valence-corrected chi connectivity index (χ2v) is 3.55. The van der Waals surface area contributed by atoms with E-state index in [0.717, 1.165) is 12.1 Å². The number of amides is 1. The van der Waals surface area contributed by atoms with E-state index in [0.29, 0.717) is 0 Å². The number of benzene rings is 1. The summed E-state index contributed by atoms with van der Waals surface area (Å²) in [5, 5.41) is 10.8. The lowest BCUT2D eigenvalue weighted by molar-refractivity contribution is -0.141. The van der Waals surface area contributed by atoms with Crippen molar-refractivity contribution in [2.45, 2.75) is 19.4 Å². The molecule has 1 amide bonds. The highest BCUT2D eigenvalue weighted by Gasteiger charge is 2.14. The average molecular weight is 243 g/mol. The average Bonchev–Trinajstić information content (AvgIpc) is 2.23. The van der Waals surface area contributed by atoms with Gasteiger partial charge in [0.15, 0.2) is 11.6 Å². The molecule has 0 fully saturated rings. The summed E-state index contributed by atoms with van der Waals surface area (Å²) in [5.41, 5.74) is 0.277. The van der Waals surface area contributed by atoms with Crippen LogP contribution in [0.4, 0.5) is 8.78 Å². The summed E-state index contributed by atoms with van der Waals surface area (Å²) in [6.07, 6.45) is -0.200. The van der Waals surface area contributed by atoms with Gasteiger partial charge in [-0.3, -0.25) is 9.59 Å². The Kier molecular flexibility index (Phi) is 4.14. The molecule has 0 aromatic heterocycles. The molecule has 1 atom stereocenters. The van der Waals surface area contributed by atoms with E-state index in [2.05, 4.69) is 5.32 Å². The van der Waals surface area contributed by atoms with Gasteiger partial charge in [-0.25, -0.2) is 8.78 Å². The molecule has 0 aliphatic heterocycles. The first-order chi connectivity index (χ1) is 7.90. The number of carboxylic acid groups (broad SMARTS) is 1. The van der Waals surface area contributed by atoms with E-state index in [1.165, 1.54) is 13.0 Å². The molecular formula is C11H11F2NO3. The molecule has 1 aromatic rings. The number of hydrogen-bond donors (Lipinski definition) is 2. The van der Waals surface area contributed by atoms with Crippen molar-refractivity contribution in [3.05, 3.63) is 35.4 Å². The molecule has 4 nitrogen and oxygen atoms in total. The van der Waals surface area contributed by atoms with E-state index in [1.807, 2.05) is 0 Å². The molecule has 0 saturated carbocycles. The number of hydrogen-bond acceptors (Lipinski definition) is 2. The SMILES string of the molecule is CC(NC(=O)Cc1ccc(F)c(F)c1)C(=O)O. The third-order valence-electron chi connectivity index (χ3n) is 2.10. The maximum atomic E-state index is 12.8.